The molecule has 0 aromatic carbocycles. The van der Waals surface area contributed by atoms with Gasteiger partial charge in [-0.15, -0.1) is 0 Å². The maximum Gasteiger partial charge on any atom is 0.308 e. The summed E-state index contributed by atoms with van der Waals surface area (Å²) in [6.45, 7) is 14.9. The molecular formula is C16H30N2O3. The topological polar surface area (TPSA) is 53.0 Å². The summed E-state index contributed by atoms with van der Waals surface area (Å²) in [5, 5.41) is 9.44. The number of morpholine rings is 1. The van der Waals surface area contributed by atoms with Crippen LogP contribution in [0.2, 0.25) is 0 Å². The van der Waals surface area contributed by atoms with Gasteiger partial charge in [0.15, 0.2) is 0 Å². The van der Waals surface area contributed by atoms with E-state index >= 15 is 0 Å². The third-order valence-electron chi connectivity index (χ3n) is 5.09. The van der Waals surface area contributed by atoms with Gasteiger partial charge >= 0.3 is 5.97 Å². The predicted molar refractivity (Wildman–Crippen MR) is 82.4 cm³/mol. The average Bonchev–Trinajstić information content (AvgIpc) is 2.83. The summed E-state index contributed by atoms with van der Waals surface area (Å²) in [5.74, 6) is -0.170. The molecule has 0 saturated carbocycles. The second-order valence-corrected chi connectivity index (χ2v) is 7.46. The normalized spacial score (nSPS) is 29.2. The van der Waals surface area contributed by atoms with E-state index in [1.807, 2.05) is 0 Å². The van der Waals surface area contributed by atoms with Crippen molar-refractivity contribution in [2.24, 2.45) is 17.8 Å². The lowest BCUT2D eigenvalue weighted by molar-refractivity contribution is -0.143. The molecule has 0 aromatic heterocycles. The molecule has 2 atom stereocenters. The summed E-state index contributed by atoms with van der Waals surface area (Å²) >= 11 is 0. The molecule has 0 bridgehead atoms. The van der Waals surface area contributed by atoms with Crippen LogP contribution in [0.25, 0.3) is 0 Å². The molecule has 122 valence electrons. The fourth-order valence-corrected chi connectivity index (χ4v) is 3.80. The van der Waals surface area contributed by atoms with Gasteiger partial charge in [-0.1, -0.05) is 13.8 Å². The fraction of sp³-hybridized carbons (Fsp3) is 0.938. The predicted octanol–water partition coefficient (Wildman–Crippen LogP) is 1.39. The van der Waals surface area contributed by atoms with Crippen LogP contribution in [-0.4, -0.2) is 72.4 Å². The zero-order chi connectivity index (χ0) is 15.6. The molecule has 2 rings (SSSR count). The van der Waals surface area contributed by atoms with Gasteiger partial charge in [-0.2, -0.15) is 0 Å². The summed E-state index contributed by atoms with van der Waals surface area (Å²) in [4.78, 5) is 16.3. The van der Waals surface area contributed by atoms with E-state index in [1.54, 1.807) is 0 Å². The molecule has 2 aliphatic heterocycles. The maximum atomic E-state index is 11.5. The minimum atomic E-state index is -0.639. The highest BCUT2D eigenvalue weighted by molar-refractivity contribution is 5.71. The summed E-state index contributed by atoms with van der Waals surface area (Å²) < 4.78 is 5.43. The van der Waals surface area contributed by atoms with Gasteiger partial charge in [0.2, 0.25) is 0 Å². The third kappa shape index (κ3) is 3.96. The molecular weight excluding hydrogens is 268 g/mol. The molecule has 0 amide bonds. The van der Waals surface area contributed by atoms with Crippen molar-refractivity contribution >= 4 is 5.97 Å². The Bertz CT molecular complexity index is 365. The van der Waals surface area contributed by atoms with Gasteiger partial charge < -0.3 is 14.7 Å². The standard InChI is InChI=1S/C16H30N2O3/c1-12(2)13-9-17(10-14(13)15(19)20)11-16(3,4)18-5-7-21-8-6-18/h12-14H,5-11H2,1-4H3,(H,19,20)/t13-,14+/m0/s1. The number of aliphatic carboxylic acids is 1. The number of carboxylic acid groups (broad SMARTS) is 1. The van der Waals surface area contributed by atoms with Gasteiger partial charge in [0.1, 0.15) is 0 Å². The van der Waals surface area contributed by atoms with Crippen LogP contribution in [-0.2, 0) is 9.53 Å². The first-order valence-electron chi connectivity index (χ1n) is 8.09. The number of carbonyl (C=O) groups is 1. The van der Waals surface area contributed by atoms with Gasteiger partial charge in [-0.25, -0.2) is 0 Å². The molecule has 1 N–H and O–H groups in total. The van der Waals surface area contributed by atoms with Crippen molar-refractivity contribution in [1.82, 2.24) is 9.80 Å². The molecule has 21 heavy (non-hydrogen) atoms. The SMILES string of the molecule is CC(C)[C@@H]1CN(CC(C)(C)N2CCOCC2)C[C@H]1C(=O)O. The number of carboxylic acids is 1. The highest BCUT2D eigenvalue weighted by Crippen LogP contribution is 2.31. The van der Waals surface area contributed by atoms with E-state index in [-0.39, 0.29) is 17.4 Å². The largest absolute Gasteiger partial charge is 0.481 e. The van der Waals surface area contributed by atoms with E-state index in [9.17, 15) is 9.90 Å². The minimum absolute atomic E-state index is 0.0682. The lowest BCUT2D eigenvalue weighted by Gasteiger charge is -2.43. The Kier molecular flexibility index (Phi) is 5.28. The Balaban J connectivity index is 1.97. The zero-order valence-corrected chi connectivity index (χ0v) is 13.8. The van der Waals surface area contributed by atoms with E-state index in [1.165, 1.54) is 0 Å². The van der Waals surface area contributed by atoms with E-state index in [4.69, 9.17) is 4.74 Å². The summed E-state index contributed by atoms with van der Waals surface area (Å²) in [7, 11) is 0. The number of nitrogens with zero attached hydrogens (tertiary/aromatic N) is 2. The molecule has 2 saturated heterocycles. The van der Waals surface area contributed by atoms with Crippen LogP contribution in [0.15, 0.2) is 0 Å². The van der Waals surface area contributed by atoms with Crippen molar-refractivity contribution in [2.45, 2.75) is 33.2 Å². The molecule has 0 spiro atoms. The van der Waals surface area contributed by atoms with Gasteiger partial charge in [0.25, 0.3) is 0 Å². The van der Waals surface area contributed by atoms with E-state index in [0.717, 1.165) is 39.4 Å². The highest BCUT2D eigenvalue weighted by atomic mass is 16.5. The summed E-state index contributed by atoms with van der Waals surface area (Å²) in [6.07, 6.45) is 0. The van der Waals surface area contributed by atoms with Crippen LogP contribution >= 0.6 is 0 Å². The Morgan fingerprint density at radius 3 is 2.38 bits per heavy atom. The van der Waals surface area contributed by atoms with Crippen molar-refractivity contribution in [1.29, 1.82) is 0 Å². The highest BCUT2D eigenvalue weighted by Gasteiger charge is 2.41. The second-order valence-electron chi connectivity index (χ2n) is 7.46. The van der Waals surface area contributed by atoms with Crippen molar-refractivity contribution < 1.29 is 14.6 Å². The monoisotopic (exact) mass is 298 g/mol. The van der Waals surface area contributed by atoms with E-state index in [2.05, 4.69) is 37.5 Å². The van der Waals surface area contributed by atoms with Crippen molar-refractivity contribution in [3.05, 3.63) is 0 Å². The molecule has 0 radical (unpaired) electrons. The maximum absolute atomic E-state index is 11.5. The molecule has 2 fully saturated rings. The van der Waals surface area contributed by atoms with E-state index < -0.39 is 5.97 Å². The van der Waals surface area contributed by atoms with Crippen molar-refractivity contribution in [3.63, 3.8) is 0 Å². The first-order valence-corrected chi connectivity index (χ1v) is 8.09. The second kappa shape index (κ2) is 6.63. The van der Waals surface area contributed by atoms with Crippen LogP contribution in [0.5, 0.6) is 0 Å². The van der Waals surface area contributed by atoms with Gasteiger partial charge in [0, 0.05) is 38.3 Å². The minimum Gasteiger partial charge on any atom is -0.481 e. The number of hydrogen-bond donors (Lipinski definition) is 1. The summed E-state index contributed by atoms with van der Waals surface area (Å²) in [5.41, 5.74) is 0.0682. The van der Waals surface area contributed by atoms with Crippen LogP contribution in [0.3, 0.4) is 0 Å². The van der Waals surface area contributed by atoms with Gasteiger partial charge in [-0.05, 0) is 25.7 Å². The van der Waals surface area contributed by atoms with Crippen LogP contribution in [0.4, 0.5) is 0 Å². The number of ether oxygens (including phenoxy) is 1. The first-order chi connectivity index (χ1) is 9.81. The molecule has 2 heterocycles. The Labute approximate surface area is 128 Å². The lowest BCUT2D eigenvalue weighted by atomic mass is 9.86. The van der Waals surface area contributed by atoms with Gasteiger partial charge in [-0.3, -0.25) is 9.69 Å². The number of hydrogen-bond acceptors (Lipinski definition) is 4. The molecule has 5 heteroatoms. The van der Waals surface area contributed by atoms with E-state index in [0.29, 0.717) is 12.5 Å². The third-order valence-corrected chi connectivity index (χ3v) is 5.09. The Morgan fingerprint density at radius 2 is 1.90 bits per heavy atom. The van der Waals surface area contributed by atoms with Crippen molar-refractivity contribution in [3.8, 4) is 0 Å². The van der Waals surface area contributed by atoms with Gasteiger partial charge in [0.05, 0.1) is 19.1 Å². The molecule has 0 aliphatic carbocycles. The Hall–Kier alpha value is -0.650. The van der Waals surface area contributed by atoms with Crippen molar-refractivity contribution in [2.75, 3.05) is 45.9 Å². The lowest BCUT2D eigenvalue weighted by Crippen LogP contribution is -2.55. The zero-order valence-electron chi connectivity index (χ0n) is 13.8. The van der Waals surface area contributed by atoms with Crippen LogP contribution < -0.4 is 0 Å². The smallest absolute Gasteiger partial charge is 0.308 e. The number of rotatable bonds is 5. The molecule has 2 aliphatic rings. The fourth-order valence-electron chi connectivity index (χ4n) is 3.80. The molecule has 0 unspecified atom stereocenters. The molecule has 0 aromatic rings. The summed E-state index contributed by atoms with van der Waals surface area (Å²) in [6, 6.07) is 0. The molecule has 5 nitrogen and oxygen atoms in total. The van der Waals surface area contributed by atoms with Crippen LogP contribution in [0.1, 0.15) is 27.7 Å². The average molecular weight is 298 g/mol. The van der Waals surface area contributed by atoms with Crippen LogP contribution in [0, 0.1) is 17.8 Å². The number of likely N-dealkylation sites (tertiary alicyclic amines) is 1. The quantitative estimate of drug-likeness (QED) is 0.831. The Morgan fingerprint density at radius 1 is 1.29 bits per heavy atom. The first kappa shape index (κ1) is 16.7.